The molecule has 3 rings (SSSR count). The van der Waals surface area contributed by atoms with E-state index < -0.39 is 0 Å². The van der Waals surface area contributed by atoms with Crippen molar-refractivity contribution >= 4 is 15.9 Å². The van der Waals surface area contributed by atoms with Gasteiger partial charge in [-0.1, -0.05) is 28.1 Å². The van der Waals surface area contributed by atoms with Gasteiger partial charge in [0.2, 0.25) is 6.79 Å². The SMILES string of the molecule is COc1cccc(-c2cc3c(cc2Br)OCO3)c1. The number of ether oxygens (including phenoxy) is 3. The van der Waals surface area contributed by atoms with Crippen LogP contribution in [0.15, 0.2) is 40.9 Å². The summed E-state index contributed by atoms with van der Waals surface area (Å²) in [5.74, 6) is 2.38. The van der Waals surface area contributed by atoms with Gasteiger partial charge in [0.1, 0.15) is 5.75 Å². The molecule has 1 aliphatic heterocycles. The molecule has 2 aromatic carbocycles. The highest BCUT2D eigenvalue weighted by atomic mass is 79.9. The molecular weight excluding hydrogens is 296 g/mol. The fourth-order valence-corrected chi connectivity index (χ4v) is 2.48. The van der Waals surface area contributed by atoms with Crippen LogP contribution in [0.25, 0.3) is 11.1 Å². The maximum Gasteiger partial charge on any atom is 0.231 e. The molecule has 0 aliphatic carbocycles. The van der Waals surface area contributed by atoms with E-state index >= 15 is 0 Å². The molecule has 0 radical (unpaired) electrons. The first-order valence-electron chi connectivity index (χ1n) is 5.51. The second kappa shape index (κ2) is 4.53. The number of halogens is 1. The molecule has 0 fully saturated rings. The Morgan fingerprint density at radius 3 is 2.67 bits per heavy atom. The molecule has 0 bridgehead atoms. The highest BCUT2D eigenvalue weighted by molar-refractivity contribution is 9.10. The third-order valence-electron chi connectivity index (χ3n) is 2.84. The fourth-order valence-electron chi connectivity index (χ4n) is 1.93. The maximum atomic E-state index is 5.40. The third kappa shape index (κ3) is 1.93. The number of rotatable bonds is 2. The van der Waals surface area contributed by atoms with E-state index in [4.69, 9.17) is 14.2 Å². The Hall–Kier alpha value is -1.68. The summed E-state index contributed by atoms with van der Waals surface area (Å²) in [6, 6.07) is 11.8. The lowest BCUT2D eigenvalue weighted by Gasteiger charge is -2.08. The summed E-state index contributed by atoms with van der Waals surface area (Å²) in [7, 11) is 1.66. The molecule has 0 spiro atoms. The Kier molecular flexibility index (Phi) is 2.88. The molecule has 2 aromatic rings. The molecule has 0 amide bonds. The zero-order chi connectivity index (χ0) is 12.5. The maximum absolute atomic E-state index is 5.40. The molecule has 92 valence electrons. The van der Waals surface area contributed by atoms with E-state index in [1.54, 1.807) is 7.11 Å². The van der Waals surface area contributed by atoms with Crippen LogP contribution in [-0.4, -0.2) is 13.9 Å². The predicted molar refractivity (Wildman–Crippen MR) is 72.3 cm³/mol. The minimum Gasteiger partial charge on any atom is -0.497 e. The van der Waals surface area contributed by atoms with Crippen LogP contribution >= 0.6 is 15.9 Å². The van der Waals surface area contributed by atoms with Gasteiger partial charge in [0.25, 0.3) is 0 Å². The van der Waals surface area contributed by atoms with Crippen molar-refractivity contribution in [1.82, 2.24) is 0 Å². The van der Waals surface area contributed by atoms with Crippen molar-refractivity contribution in [3.63, 3.8) is 0 Å². The Morgan fingerprint density at radius 2 is 1.89 bits per heavy atom. The first-order chi connectivity index (χ1) is 8.78. The van der Waals surface area contributed by atoms with E-state index in [1.165, 1.54) is 0 Å². The average molecular weight is 307 g/mol. The summed E-state index contributed by atoms with van der Waals surface area (Å²) < 4.78 is 16.9. The topological polar surface area (TPSA) is 27.7 Å². The van der Waals surface area contributed by atoms with E-state index in [-0.39, 0.29) is 6.79 Å². The third-order valence-corrected chi connectivity index (χ3v) is 3.50. The van der Waals surface area contributed by atoms with E-state index in [1.807, 2.05) is 36.4 Å². The molecule has 1 heterocycles. The largest absolute Gasteiger partial charge is 0.497 e. The van der Waals surface area contributed by atoms with Gasteiger partial charge >= 0.3 is 0 Å². The standard InChI is InChI=1S/C14H11BrO3/c1-16-10-4-2-3-9(5-10)11-6-13-14(7-12(11)15)18-8-17-13/h2-7H,8H2,1H3. The second-order valence-electron chi connectivity index (χ2n) is 3.92. The quantitative estimate of drug-likeness (QED) is 0.843. The van der Waals surface area contributed by atoms with E-state index in [2.05, 4.69) is 15.9 Å². The predicted octanol–water partition coefficient (Wildman–Crippen LogP) is 3.85. The van der Waals surface area contributed by atoms with Gasteiger partial charge in [-0.05, 0) is 35.4 Å². The van der Waals surface area contributed by atoms with Gasteiger partial charge in [0.05, 0.1) is 7.11 Å². The molecular formula is C14H11BrO3. The van der Waals surface area contributed by atoms with Gasteiger partial charge < -0.3 is 14.2 Å². The van der Waals surface area contributed by atoms with Gasteiger partial charge in [-0.3, -0.25) is 0 Å². The molecule has 0 saturated carbocycles. The van der Waals surface area contributed by atoms with Crippen LogP contribution in [-0.2, 0) is 0 Å². The molecule has 0 atom stereocenters. The molecule has 1 aliphatic rings. The van der Waals surface area contributed by atoms with Gasteiger partial charge in [0, 0.05) is 4.47 Å². The minimum atomic E-state index is 0.281. The summed E-state index contributed by atoms with van der Waals surface area (Å²) >= 11 is 3.56. The average Bonchev–Trinajstić information content (AvgIpc) is 2.85. The van der Waals surface area contributed by atoms with Crippen molar-refractivity contribution in [2.45, 2.75) is 0 Å². The lowest BCUT2D eigenvalue weighted by molar-refractivity contribution is 0.174. The Balaban J connectivity index is 2.10. The van der Waals surface area contributed by atoms with Crippen molar-refractivity contribution in [3.8, 4) is 28.4 Å². The van der Waals surface area contributed by atoms with Crippen LogP contribution in [0.1, 0.15) is 0 Å². The molecule has 0 saturated heterocycles. The Morgan fingerprint density at radius 1 is 1.11 bits per heavy atom. The van der Waals surface area contributed by atoms with E-state index in [9.17, 15) is 0 Å². The molecule has 0 N–H and O–H groups in total. The van der Waals surface area contributed by atoms with E-state index in [0.717, 1.165) is 32.8 Å². The fraction of sp³-hybridized carbons (Fsp3) is 0.143. The molecule has 18 heavy (non-hydrogen) atoms. The van der Waals surface area contributed by atoms with Crippen LogP contribution in [0.5, 0.6) is 17.2 Å². The lowest BCUT2D eigenvalue weighted by Crippen LogP contribution is -1.92. The van der Waals surface area contributed by atoms with Gasteiger partial charge in [-0.15, -0.1) is 0 Å². The summed E-state index contributed by atoms with van der Waals surface area (Å²) in [6.07, 6.45) is 0. The Labute approximate surface area is 113 Å². The van der Waals surface area contributed by atoms with Crippen molar-refractivity contribution in [1.29, 1.82) is 0 Å². The van der Waals surface area contributed by atoms with Crippen molar-refractivity contribution in [2.75, 3.05) is 13.9 Å². The van der Waals surface area contributed by atoms with Crippen LogP contribution in [0, 0.1) is 0 Å². The summed E-state index contributed by atoms with van der Waals surface area (Å²) in [5.41, 5.74) is 2.12. The monoisotopic (exact) mass is 306 g/mol. The van der Waals surface area contributed by atoms with Gasteiger partial charge in [0.15, 0.2) is 11.5 Å². The number of methoxy groups -OCH3 is 1. The first kappa shape index (κ1) is 11.4. The second-order valence-corrected chi connectivity index (χ2v) is 4.77. The Bertz CT molecular complexity index is 596. The normalized spacial score (nSPS) is 12.6. The first-order valence-corrected chi connectivity index (χ1v) is 6.31. The number of benzene rings is 2. The van der Waals surface area contributed by atoms with Crippen molar-refractivity contribution in [3.05, 3.63) is 40.9 Å². The smallest absolute Gasteiger partial charge is 0.231 e. The number of fused-ring (bicyclic) bond motifs is 1. The van der Waals surface area contributed by atoms with Crippen LogP contribution < -0.4 is 14.2 Å². The van der Waals surface area contributed by atoms with Gasteiger partial charge in [-0.25, -0.2) is 0 Å². The minimum absolute atomic E-state index is 0.281. The zero-order valence-corrected chi connectivity index (χ0v) is 11.4. The van der Waals surface area contributed by atoms with Crippen LogP contribution in [0.2, 0.25) is 0 Å². The summed E-state index contributed by atoms with van der Waals surface area (Å²) in [5, 5.41) is 0. The van der Waals surface area contributed by atoms with Crippen molar-refractivity contribution < 1.29 is 14.2 Å². The van der Waals surface area contributed by atoms with Crippen molar-refractivity contribution in [2.24, 2.45) is 0 Å². The molecule has 0 unspecified atom stereocenters. The number of hydrogen-bond acceptors (Lipinski definition) is 3. The highest BCUT2D eigenvalue weighted by Crippen LogP contribution is 2.41. The summed E-state index contributed by atoms with van der Waals surface area (Å²) in [6.45, 7) is 0.281. The lowest BCUT2D eigenvalue weighted by atomic mass is 10.0. The molecule has 4 heteroatoms. The van der Waals surface area contributed by atoms with Gasteiger partial charge in [-0.2, -0.15) is 0 Å². The molecule has 3 nitrogen and oxygen atoms in total. The van der Waals surface area contributed by atoms with E-state index in [0.29, 0.717) is 0 Å². The highest BCUT2D eigenvalue weighted by Gasteiger charge is 2.17. The molecule has 0 aromatic heterocycles. The van der Waals surface area contributed by atoms with Crippen LogP contribution in [0.3, 0.4) is 0 Å². The number of hydrogen-bond donors (Lipinski definition) is 0. The summed E-state index contributed by atoms with van der Waals surface area (Å²) in [4.78, 5) is 0. The van der Waals surface area contributed by atoms with Crippen LogP contribution in [0.4, 0.5) is 0 Å². The zero-order valence-electron chi connectivity index (χ0n) is 9.77.